The minimum absolute atomic E-state index is 0. The fraction of sp³-hybridized carbons (Fsp3) is 0.684. The second-order valence-corrected chi connectivity index (χ2v) is 6.60. The van der Waals surface area contributed by atoms with Crippen LogP contribution in [0.15, 0.2) is 23.3 Å². The lowest BCUT2D eigenvalue weighted by molar-refractivity contribution is 0.0529. The van der Waals surface area contributed by atoms with Crippen LogP contribution in [-0.4, -0.2) is 61.8 Å². The number of aliphatic imine (C=N–C) groups is 1. The number of guanidine groups is 1. The van der Waals surface area contributed by atoms with Gasteiger partial charge in [0.2, 0.25) is 0 Å². The molecule has 2 rings (SSSR count). The van der Waals surface area contributed by atoms with Crippen LogP contribution in [0.4, 0.5) is 5.82 Å². The minimum atomic E-state index is 0. The molecule has 1 atom stereocenters. The second-order valence-electron chi connectivity index (χ2n) is 6.60. The highest BCUT2D eigenvalue weighted by Gasteiger charge is 2.17. The standard InChI is InChI=1S/C19H33N5O.HI/c1-5-7-10-23(4)19(20-6-2)22-14-17-8-9-18(21-13-17)24-11-12-25-16(3)15-24;/h8-9,13,16H,5-7,10-12,14-15H2,1-4H3,(H,20,22);1H. The van der Waals surface area contributed by atoms with Gasteiger partial charge in [-0.05, 0) is 31.9 Å². The van der Waals surface area contributed by atoms with E-state index in [2.05, 4.69) is 60.1 Å². The largest absolute Gasteiger partial charge is 0.375 e. The number of hydrogen-bond acceptors (Lipinski definition) is 4. The van der Waals surface area contributed by atoms with Crippen molar-refractivity contribution in [2.24, 2.45) is 4.99 Å². The van der Waals surface area contributed by atoms with Gasteiger partial charge in [0.15, 0.2) is 5.96 Å². The third-order valence-corrected chi connectivity index (χ3v) is 4.33. The van der Waals surface area contributed by atoms with Crippen LogP contribution in [0.5, 0.6) is 0 Å². The Morgan fingerprint density at radius 3 is 2.85 bits per heavy atom. The molecule has 7 heteroatoms. The van der Waals surface area contributed by atoms with Gasteiger partial charge < -0.3 is 19.9 Å². The molecule has 1 unspecified atom stereocenters. The third-order valence-electron chi connectivity index (χ3n) is 4.33. The first-order valence-corrected chi connectivity index (χ1v) is 9.45. The summed E-state index contributed by atoms with van der Waals surface area (Å²) in [5.41, 5.74) is 1.13. The highest BCUT2D eigenvalue weighted by molar-refractivity contribution is 14.0. The number of aromatic nitrogens is 1. The molecule has 1 aliphatic heterocycles. The smallest absolute Gasteiger partial charge is 0.193 e. The predicted octanol–water partition coefficient (Wildman–Crippen LogP) is 3.12. The van der Waals surface area contributed by atoms with E-state index in [9.17, 15) is 0 Å². The molecule has 0 saturated carbocycles. The van der Waals surface area contributed by atoms with Gasteiger partial charge in [-0.25, -0.2) is 9.98 Å². The fourth-order valence-corrected chi connectivity index (χ4v) is 2.86. The summed E-state index contributed by atoms with van der Waals surface area (Å²) < 4.78 is 5.59. The van der Waals surface area contributed by atoms with Gasteiger partial charge in [-0.1, -0.05) is 19.4 Å². The number of unbranched alkanes of at least 4 members (excludes halogenated alkanes) is 1. The normalized spacial score (nSPS) is 17.6. The quantitative estimate of drug-likeness (QED) is 0.373. The van der Waals surface area contributed by atoms with E-state index in [1.807, 2.05) is 6.20 Å². The molecular formula is C19H34IN5O. The van der Waals surface area contributed by atoms with E-state index in [0.29, 0.717) is 6.54 Å². The summed E-state index contributed by atoms with van der Waals surface area (Å²) >= 11 is 0. The third kappa shape index (κ3) is 7.26. The molecule has 1 aromatic rings. The lowest BCUT2D eigenvalue weighted by atomic mass is 10.2. The molecule has 0 amide bonds. The van der Waals surface area contributed by atoms with Crippen molar-refractivity contribution < 1.29 is 4.74 Å². The molecule has 1 N–H and O–H groups in total. The molecule has 0 bridgehead atoms. The Bertz CT molecular complexity index is 537. The topological polar surface area (TPSA) is 53.0 Å². The fourth-order valence-electron chi connectivity index (χ4n) is 2.86. The number of morpholine rings is 1. The summed E-state index contributed by atoms with van der Waals surface area (Å²) in [5, 5.41) is 3.36. The van der Waals surface area contributed by atoms with E-state index < -0.39 is 0 Å². The number of nitrogens with one attached hydrogen (secondary N) is 1. The molecule has 0 aliphatic carbocycles. The van der Waals surface area contributed by atoms with Crippen molar-refractivity contribution in [3.63, 3.8) is 0 Å². The van der Waals surface area contributed by atoms with Gasteiger partial charge in [0, 0.05) is 39.4 Å². The average molecular weight is 475 g/mol. The molecule has 1 aliphatic rings. The zero-order valence-corrected chi connectivity index (χ0v) is 18.9. The predicted molar refractivity (Wildman–Crippen MR) is 120 cm³/mol. The Labute approximate surface area is 175 Å². The van der Waals surface area contributed by atoms with E-state index in [4.69, 9.17) is 9.73 Å². The number of nitrogens with zero attached hydrogens (tertiary/aromatic N) is 4. The highest BCUT2D eigenvalue weighted by Crippen LogP contribution is 2.15. The molecule has 148 valence electrons. The maximum atomic E-state index is 5.59. The zero-order chi connectivity index (χ0) is 18.1. The van der Waals surface area contributed by atoms with Crippen molar-refractivity contribution in [2.45, 2.75) is 46.3 Å². The van der Waals surface area contributed by atoms with Crippen molar-refractivity contribution in [1.29, 1.82) is 0 Å². The van der Waals surface area contributed by atoms with Crippen molar-refractivity contribution in [2.75, 3.05) is 44.7 Å². The Morgan fingerprint density at radius 1 is 1.42 bits per heavy atom. The van der Waals surface area contributed by atoms with Crippen LogP contribution in [0.25, 0.3) is 0 Å². The van der Waals surface area contributed by atoms with Gasteiger partial charge in [0.1, 0.15) is 5.82 Å². The Balaban J connectivity index is 0.00000338. The Kier molecular flexibility index (Phi) is 10.9. The van der Waals surface area contributed by atoms with Crippen LogP contribution in [0, 0.1) is 0 Å². The molecule has 6 nitrogen and oxygen atoms in total. The van der Waals surface area contributed by atoms with Crippen molar-refractivity contribution in [1.82, 2.24) is 15.2 Å². The van der Waals surface area contributed by atoms with Crippen LogP contribution in [0.1, 0.15) is 39.2 Å². The van der Waals surface area contributed by atoms with Gasteiger partial charge >= 0.3 is 0 Å². The van der Waals surface area contributed by atoms with Crippen LogP contribution < -0.4 is 10.2 Å². The van der Waals surface area contributed by atoms with Crippen LogP contribution in [-0.2, 0) is 11.3 Å². The first kappa shape index (κ1) is 23.0. The first-order valence-electron chi connectivity index (χ1n) is 9.45. The number of anilines is 1. The molecule has 0 radical (unpaired) electrons. The molecule has 0 aromatic carbocycles. The summed E-state index contributed by atoms with van der Waals surface area (Å²) in [4.78, 5) is 13.9. The van der Waals surface area contributed by atoms with E-state index in [0.717, 1.165) is 50.1 Å². The SMILES string of the molecule is CCCCN(C)C(=NCc1ccc(N2CCOC(C)C2)nc1)NCC.I. The van der Waals surface area contributed by atoms with E-state index >= 15 is 0 Å². The summed E-state index contributed by atoms with van der Waals surface area (Å²) in [6.45, 7) is 11.5. The number of ether oxygens (including phenoxy) is 1. The number of rotatable bonds is 7. The Hall–Kier alpha value is -1.09. The van der Waals surface area contributed by atoms with E-state index in [1.54, 1.807) is 0 Å². The maximum absolute atomic E-state index is 5.59. The molecule has 1 fully saturated rings. The monoisotopic (exact) mass is 475 g/mol. The van der Waals surface area contributed by atoms with E-state index in [-0.39, 0.29) is 30.1 Å². The lowest BCUT2D eigenvalue weighted by Crippen LogP contribution is -2.41. The molecule has 2 heterocycles. The van der Waals surface area contributed by atoms with E-state index in [1.165, 1.54) is 12.8 Å². The summed E-state index contributed by atoms with van der Waals surface area (Å²) in [5.74, 6) is 1.98. The molecule has 26 heavy (non-hydrogen) atoms. The zero-order valence-electron chi connectivity index (χ0n) is 16.6. The first-order chi connectivity index (χ1) is 12.1. The van der Waals surface area contributed by atoms with Gasteiger partial charge in [-0.2, -0.15) is 0 Å². The molecule has 1 saturated heterocycles. The second kappa shape index (κ2) is 12.3. The number of halogens is 1. The summed E-state index contributed by atoms with van der Waals surface area (Å²) in [6.07, 6.45) is 4.57. The van der Waals surface area contributed by atoms with Gasteiger partial charge in [-0.3, -0.25) is 0 Å². The number of pyridine rings is 1. The molecule has 0 spiro atoms. The van der Waals surface area contributed by atoms with Crippen LogP contribution >= 0.6 is 24.0 Å². The lowest BCUT2D eigenvalue weighted by Gasteiger charge is -2.32. The van der Waals surface area contributed by atoms with Gasteiger partial charge in [0.05, 0.1) is 19.3 Å². The highest BCUT2D eigenvalue weighted by atomic mass is 127. The molecule has 1 aromatic heterocycles. The van der Waals surface area contributed by atoms with Crippen LogP contribution in [0.3, 0.4) is 0 Å². The van der Waals surface area contributed by atoms with Crippen molar-refractivity contribution in [3.05, 3.63) is 23.9 Å². The summed E-state index contributed by atoms with van der Waals surface area (Å²) in [7, 11) is 2.10. The Morgan fingerprint density at radius 2 is 2.23 bits per heavy atom. The maximum Gasteiger partial charge on any atom is 0.193 e. The van der Waals surface area contributed by atoms with Gasteiger partial charge in [-0.15, -0.1) is 24.0 Å². The molecular weight excluding hydrogens is 441 g/mol. The van der Waals surface area contributed by atoms with Crippen molar-refractivity contribution >= 4 is 35.8 Å². The summed E-state index contributed by atoms with van der Waals surface area (Å²) in [6, 6.07) is 4.22. The van der Waals surface area contributed by atoms with Crippen molar-refractivity contribution in [3.8, 4) is 0 Å². The van der Waals surface area contributed by atoms with Crippen LogP contribution in [0.2, 0.25) is 0 Å². The van der Waals surface area contributed by atoms with Gasteiger partial charge in [0.25, 0.3) is 0 Å². The number of hydrogen-bond donors (Lipinski definition) is 1. The minimum Gasteiger partial charge on any atom is -0.375 e. The average Bonchev–Trinajstić information content (AvgIpc) is 2.63.